The van der Waals surface area contributed by atoms with Gasteiger partial charge >= 0.3 is 0 Å². The van der Waals surface area contributed by atoms with E-state index in [1.165, 1.54) is 0 Å². The molecule has 0 aromatic heterocycles. The van der Waals surface area contributed by atoms with Crippen LogP contribution in [-0.4, -0.2) is 11.7 Å². The number of ether oxygens (including phenoxy) is 1. The summed E-state index contributed by atoms with van der Waals surface area (Å²) in [4.78, 5) is 0. The van der Waals surface area contributed by atoms with Gasteiger partial charge in [-0.25, -0.2) is 0 Å². The molecule has 0 radical (unpaired) electrons. The number of rotatable bonds is 6. The fraction of sp³-hybridized carbons (Fsp3) is 0.250. The molecule has 2 aromatic carbocycles. The average Bonchev–Trinajstić information content (AvgIpc) is 2.47. The molecule has 0 unspecified atom stereocenters. The minimum absolute atomic E-state index is 0.128. The molecule has 0 heterocycles. The van der Waals surface area contributed by atoms with Crippen LogP contribution in [-0.2, 0) is 19.6 Å². The molecule has 0 saturated carbocycles. The Morgan fingerprint density at radius 3 is 2.58 bits per heavy atom. The highest BCUT2D eigenvalue weighted by Gasteiger charge is 2.03. The molecule has 0 fully saturated rings. The molecule has 0 saturated heterocycles. The van der Waals surface area contributed by atoms with Crippen LogP contribution in [0.5, 0.6) is 5.75 Å². The predicted octanol–water partition coefficient (Wildman–Crippen LogP) is 2.26. The van der Waals surface area contributed by atoms with Crippen LogP contribution in [0.1, 0.15) is 16.7 Å². The van der Waals surface area contributed by atoms with Crippen LogP contribution in [0.4, 0.5) is 0 Å². The molecule has 2 rings (SSSR count). The molecule has 3 nitrogen and oxygen atoms in total. The lowest BCUT2D eigenvalue weighted by atomic mass is 10.1. The van der Waals surface area contributed by atoms with E-state index in [1.807, 2.05) is 42.5 Å². The van der Waals surface area contributed by atoms with E-state index in [-0.39, 0.29) is 6.61 Å². The zero-order valence-electron chi connectivity index (χ0n) is 10.9. The molecule has 0 spiro atoms. The van der Waals surface area contributed by atoms with E-state index in [0.717, 1.165) is 22.4 Å². The first kappa shape index (κ1) is 13.6. The number of nitrogens with two attached hydrogens (primary N) is 1. The van der Waals surface area contributed by atoms with Crippen LogP contribution >= 0.6 is 0 Å². The summed E-state index contributed by atoms with van der Waals surface area (Å²) in [5.41, 5.74) is 8.85. The quantitative estimate of drug-likeness (QED) is 0.834. The van der Waals surface area contributed by atoms with Crippen LogP contribution in [0.2, 0.25) is 0 Å². The second kappa shape index (κ2) is 6.92. The Labute approximate surface area is 113 Å². The Balaban J connectivity index is 2.05. The predicted molar refractivity (Wildman–Crippen MR) is 75.9 cm³/mol. The highest BCUT2D eigenvalue weighted by atomic mass is 16.5. The summed E-state index contributed by atoms with van der Waals surface area (Å²) in [6, 6.07) is 15.9. The van der Waals surface area contributed by atoms with Gasteiger partial charge in [0, 0.05) is 13.2 Å². The van der Waals surface area contributed by atoms with E-state index < -0.39 is 0 Å². The van der Waals surface area contributed by atoms with Gasteiger partial charge in [-0.3, -0.25) is 0 Å². The summed E-state index contributed by atoms with van der Waals surface area (Å²) in [6.45, 7) is 1.17. The van der Waals surface area contributed by atoms with Crippen LogP contribution < -0.4 is 10.5 Å². The molecule has 0 aliphatic heterocycles. The lowest BCUT2D eigenvalue weighted by Gasteiger charge is -2.11. The van der Waals surface area contributed by atoms with Gasteiger partial charge in [0.15, 0.2) is 0 Å². The maximum atomic E-state index is 9.03. The highest BCUT2D eigenvalue weighted by Crippen LogP contribution is 2.20. The smallest absolute Gasteiger partial charge is 0.123 e. The summed E-state index contributed by atoms with van der Waals surface area (Å²) >= 11 is 0. The molecule has 19 heavy (non-hydrogen) atoms. The molecule has 0 amide bonds. The first-order valence-electron chi connectivity index (χ1n) is 6.43. The zero-order chi connectivity index (χ0) is 13.5. The number of aliphatic hydroxyl groups excluding tert-OH is 1. The molecule has 100 valence electrons. The molecule has 3 N–H and O–H groups in total. The second-order valence-corrected chi connectivity index (χ2v) is 4.39. The molecule has 3 heteroatoms. The molecule has 0 bridgehead atoms. The van der Waals surface area contributed by atoms with E-state index in [9.17, 15) is 0 Å². The van der Waals surface area contributed by atoms with Gasteiger partial charge in [-0.2, -0.15) is 0 Å². The van der Waals surface area contributed by atoms with Crippen LogP contribution in [0.15, 0.2) is 48.5 Å². The minimum atomic E-state index is 0.128. The van der Waals surface area contributed by atoms with Gasteiger partial charge in [-0.1, -0.05) is 42.5 Å². The highest BCUT2D eigenvalue weighted by molar-refractivity contribution is 5.34. The van der Waals surface area contributed by atoms with Gasteiger partial charge in [0.1, 0.15) is 12.4 Å². The van der Waals surface area contributed by atoms with E-state index in [2.05, 4.69) is 6.07 Å². The fourth-order valence-corrected chi connectivity index (χ4v) is 1.98. The summed E-state index contributed by atoms with van der Waals surface area (Å²) in [6.07, 6.45) is 0.610. The van der Waals surface area contributed by atoms with Crippen molar-refractivity contribution in [3.63, 3.8) is 0 Å². The number of para-hydroxylation sites is 1. The van der Waals surface area contributed by atoms with Gasteiger partial charge in [0.25, 0.3) is 0 Å². The van der Waals surface area contributed by atoms with Gasteiger partial charge in [0.05, 0.1) is 0 Å². The number of aliphatic hydroxyl groups is 1. The second-order valence-electron chi connectivity index (χ2n) is 4.39. The summed E-state index contributed by atoms with van der Waals surface area (Å²) in [5, 5.41) is 9.03. The molecule has 0 aliphatic rings. The number of hydrogen-bond donors (Lipinski definition) is 2. The first-order chi connectivity index (χ1) is 9.33. The van der Waals surface area contributed by atoms with Crippen molar-refractivity contribution in [3.8, 4) is 5.75 Å². The Morgan fingerprint density at radius 2 is 1.79 bits per heavy atom. The Morgan fingerprint density at radius 1 is 1.00 bits per heavy atom. The standard InChI is InChI=1S/C16H19NO2/c17-11-13-4-3-5-14(10-13)12-19-16-7-2-1-6-15(16)8-9-18/h1-7,10,18H,8-9,11-12,17H2. The van der Waals surface area contributed by atoms with E-state index in [4.69, 9.17) is 15.6 Å². The average molecular weight is 257 g/mol. The Bertz CT molecular complexity index is 526. The Kier molecular flexibility index (Phi) is 4.95. The summed E-state index contributed by atoms with van der Waals surface area (Å²) in [7, 11) is 0. The van der Waals surface area contributed by atoms with Crippen LogP contribution in [0.25, 0.3) is 0 Å². The van der Waals surface area contributed by atoms with Crippen molar-refractivity contribution in [2.45, 2.75) is 19.6 Å². The van der Waals surface area contributed by atoms with Gasteiger partial charge in [0.2, 0.25) is 0 Å². The number of hydrogen-bond acceptors (Lipinski definition) is 3. The van der Waals surface area contributed by atoms with Crippen molar-refractivity contribution < 1.29 is 9.84 Å². The molecule has 0 aliphatic carbocycles. The third kappa shape index (κ3) is 3.81. The fourth-order valence-electron chi connectivity index (χ4n) is 1.98. The van der Waals surface area contributed by atoms with Crippen molar-refractivity contribution in [3.05, 3.63) is 65.2 Å². The van der Waals surface area contributed by atoms with Crippen LogP contribution in [0, 0.1) is 0 Å². The molecular weight excluding hydrogens is 238 g/mol. The lowest BCUT2D eigenvalue weighted by molar-refractivity contribution is 0.284. The van der Waals surface area contributed by atoms with Gasteiger partial charge in [-0.05, 0) is 29.2 Å². The van der Waals surface area contributed by atoms with Crippen molar-refractivity contribution in [1.82, 2.24) is 0 Å². The van der Waals surface area contributed by atoms with E-state index >= 15 is 0 Å². The third-order valence-electron chi connectivity index (χ3n) is 2.98. The third-order valence-corrected chi connectivity index (χ3v) is 2.98. The van der Waals surface area contributed by atoms with Crippen molar-refractivity contribution in [1.29, 1.82) is 0 Å². The van der Waals surface area contributed by atoms with Gasteiger partial charge < -0.3 is 15.6 Å². The molecular formula is C16H19NO2. The van der Waals surface area contributed by atoms with E-state index in [1.54, 1.807) is 0 Å². The lowest BCUT2D eigenvalue weighted by Crippen LogP contribution is -2.02. The van der Waals surface area contributed by atoms with Crippen molar-refractivity contribution >= 4 is 0 Å². The van der Waals surface area contributed by atoms with Crippen molar-refractivity contribution in [2.75, 3.05) is 6.61 Å². The monoisotopic (exact) mass is 257 g/mol. The maximum Gasteiger partial charge on any atom is 0.123 e. The summed E-state index contributed by atoms with van der Waals surface area (Å²) < 4.78 is 5.82. The van der Waals surface area contributed by atoms with E-state index in [0.29, 0.717) is 19.6 Å². The normalized spacial score (nSPS) is 10.4. The molecule has 0 atom stereocenters. The maximum absolute atomic E-state index is 9.03. The zero-order valence-corrected chi connectivity index (χ0v) is 10.9. The number of benzene rings is 2. The minimum Gasteiger partial charge on any atom is -0.489 e. The SMILES string of the molecule is NCc1cccc(COc2ccccc2CCO)c1. The van der Waals surface area contributed by atoms with Crippen LogP contribution in [0.3, 0.4) is 0 Å². The largest absolute Gasteiger partial charge is 0.489 e. The van der Waals surface area contributed by atoms with Gasteiger partial charge in [-0.15, -0.1) is 0 Å². The Hall–Kier alpha value is -1.84. The molecule has 2 aromatic rings. The topological polar surface area (TPSA) is 55.5 Å². The summed E-state index contributed by atoms with van der Waals surface area (Å²) in [5.74, 6) is 0.828. The van der Waals surface area contributed by atoms with Crippen molar-refractivity contribution in [2.24, 2.45) is 5.73 Å². The first-order valence-corrected chi connectivity index (χ1v) is 6.43.